The predicted octanol–water partition coefficient (Wildman–Crippen LogP) is 2.79. The second kappa shape index (κ2) is 7.49. The summed E-state index contributed by atoms with van der Waals surface area (Å²) in [4.78, 5) is 22.6. The van der Waals surface area contributed by atoms with Gasteiger partial charge < -0.3 is 15.2 Å². The van der Waals surface area contributed by atoms with Crippen molar-refractivity contribution in [1.82, 2.24) is 5.32 Å². The number of carboxylic acid groups (broad SMARTS) is 1. The van der Waals surface area contributed by atoms with Crippen molar-refractivity contribution in [3.8, 4) is 11.1 Å². The van der Waals surface area contributed by atoms with Crippen LogP contribution in [0.4, 0.5) is 0 Å². The number of benzene rings is 2. The number of esters is 1. The Labute approximate surface area is 146 Å². The van der Waals surface area contributed by atoms with Gasteiger partial charge in [-0.1, -0.05) is 48.5 Å². The smallest absolute Gasteiger partial charge is 0.319 e. The maximum atomic E-state index is 12.0. The van der Waals surface area contributed by atoms with E-state index in [0.717, 1.165) is 0 Å². The van der Waals surface area contributed by atoms with Crippen molar-refractivity contribution in [2.24, 2.45) is 0 Å². The SMILES string of the molecule is C[C@H](CC(=O)O)NCC(=O)OCC1c2ccccc2-c2ccccc21. The van der Waals surface area contributed by atoms with Gasteiger partial charge in [-0.25, -0.2) is 0 Å². The molecule has 2 aromatic rings. The number of carbonyl (C=O) groups is 2. The fourth-order valence-corrected chi connectivity index (χ4v) is 3.26. The molecule has 0 saturated heterocycles. The predicted molar refractivity (Wildman–Crippen MR) is 94.4 cm³/mol. The molecule has 1 atom stereocenters. The van der Waals surface area contributed by atoms with Gasteiger partial charge in [0.1, 0.15) is 6.61 Å². The lowest BCUT2D eigenvalue weighted by Gasteiger charge is -2.15. The molecule has 5 nitrogen and oxygen atoms in total. The van der Waals surface area contributed by atoms with E-state index >= 15 is 0 Å². The molecule has 3 rings (SSSR count). The van der Waals surface area contributed by atoms with Gasteiger partial charge in [-0.3, -0.25) is 9.59 Å². The van der Waals surface area contributed by atoms with Gasteiger partial charge >= 0.3 is 11.9 Å². The number of rotatable bonds is 7. The highest BCUT2D eigenvalue weighted by Gasteiger charge is 2.28. The minimum atomic E-state index is -0.896. The molecule has 1 aliphatic rings. The molecule has 0 aromatic heterocycles. The van der Waals surface area contributed by atoms with E-state index in [0.29, 0.717) is 0 Å². The number of carboxylic acids is 1. The van der Waals surface area contributed by atoms with E-state index in [4.69, 9.17) is 9.84 Å². The number of ether oxygens (including phenoxy) is 1. The zero-order chi connectivity index (χ0) is 17.8. The second-order valence-corrected chi connectivity index (χ2v) is 6.29. The first-order chi connectivity index (χ1) is 12.1. The molecule has 0 spiro atoms. The lowest BCUT2D eigenvalue weighted by Crippen LogP contribution is -2.34. The van der Waals surface area contributed by atoms with Crippen molar-refractivity contribution in [1.29, 1.82) is 0 Å². The molecule has 130 valence electrons. The molecule has 25 heavy (non-hydrogen) atoms. The highest BCUT2D eigenvalue weighted by molar-refractivity contribution is 5.79. The Morgan fingerprint density at radius 3 is 2.20 bits per heavy atom. The zero-order valence-corrected chi connectivity index (χ0v) is 14.1. The van der Waals surface area contributed by atoms with Crippen molar-refractivity contribution < 1.29 is 19.4 Å². The van der Waals surface area contributed by atoms with Crippen molar-refractivity contribution >= 4 is 11.9 Å². The first-order valence-electron chi connectivity index (χ1n) is 8.35. The molecular formula is C20H21NO4. The normalized spacial score (nSPS) is 13.8. The Bertz CT molecular complexity index is 741. The third kappa shape index (κ3) is 3.88. The molecule has 0 bridgehead atoms. The van der Waals surface area contributed by atoms with Crippen molar-refractivity contribution in [2.45, 2.75) is 25.3 Å². The summed E-state index contributed by atoms with van der Waals surface area (Å²) in [7, 11) is 0. The molecule has 2 N–H and O–H groups in total. The molecular weight excluding hydrogens is 318 g/mol. The average molecular weight is 339 g/mol. The fourth-order valence-electron chi connectivity index (χ4n) is 3.26. The van der Waals surface area contributed by atoms with Crippen LogP contribution in [0.3, 0.4) is 0 Å². The Balaban J connectivity index is 1.62. The van der Waals surface area contributed by atoms with E-state index in [1.807, 2.05) is 24.3 Å². The highest BCUT2D eigenvalue weighted by atomic mass is 16.5. The number of hydrogen-bond donors (Lipinski definition) is 2. The number of carbonyl (C=O) groups excluding carboxylic acids is 1. The summed E-state index contributed by atoms with van der Waals surface area (Å²) >= 11 is 0. The highest BCUT2D eigenvalue weighted by Crippen LogP contribution is 2.44. The topological polar surface area (TPSA) is 75.6 Å². The van der Waals surface area contributed by atoms with Gasteiger partial charge in [0, 0.05) is 12.0 Å². The standard InChI is InChI=1S/C20H21NO4/c1-13(10-19(22)23)21-11-20(24)25-12-18-16-8-4-2-6-14(16)15-7-3-5-9-17(15)18/h2-9,13,18,21H,10-12H2,1H3,(H,22,23)/t13-/m1/s1. The van der Waals surface area contributed by atoms with Gasteiger partial charge in [0.15, 0.2) is 0 Å². The first kappa shape index (κ1) is 17.2. The largest absolute Gasteiger partial charge is 0.481 e. The molecule has 0 aliphatic heterocycles. The van der Waals surface area contributed by atoms with Crippen LogP contribution in [0.2, 0.25) is 0 Å². The monoisotopic (exact) mass is 339 g/mol. The summed E-state index contributed by atoms with van der Waals surface area (Å²) in [6.07, 6.45) is -0.0311. The third-order valence-corrected chi connectivity index (χ3v) is 4.45. The van der Waals surface area contributed by atoms with E-state index < -0.39 is 5.97 Å². The molecule has 0 unspecified atom stereocenters. The zero-order valence-electron chi connectivity index (χ0n) is 14.1. The second-order valence-electron chi connectivity index (χ2n) is 6.29. The number of nitrogens with one attached hydrogen (secondary N) is 1. The number of fused-ring (bicyclic) bond motifs is 3. The summed E-state index contributed by atoms with van der Waals surface area (Å²) in [5.41, 5.74) is 4.71. The van der Waals surface area contributed by atoms with Crippen LogP contribution in [0, 0.1) is 0 Å². The van der Waals surface area contributed by atoms with E-state index in [9.17, 15) is 9.59 Å². The first-order valence-corrected chi connectivity index (χ1v) is 8.35. The van der Waals surface area contributed by atoms with E-state index in [-0.39, 0.29) is 37.5 Å². The van der Waals surface area contributed by atoms with Crippen LogP contribution >= 0.6 is 0 Å². The van der Waals surface area contributed by atoms with Crippen molar-refractivity contribution in [3.63, 3.8) is 0 Å². The lowest BCUT2D eigenvalue weighted by atomic mass is 9.98. The maximum absolute atomic E-state index is 12.0. The average Bonchev–Trinajstić information content (AvgIpc) is 2.92. The lowest BCUT2D eigenvalue weighted by molar-refractivity contribution is -0.143. The third-order valence-electron chi connectivity index (χ3n) is 4.45. The van der Waals surface area contributed by atoms with Gasteiger partial charge in [0.25, 0.3) is 0 Å². The molecule has 0 amide bonds. The Hall–Kier alpha value is -2.66. The van der Waals surface area contributed by atoms with E-state index in [1.54, 1.807) is 6.92 Å². The maximum Gasteiger partial charge on any atom is 0.319 e. The molecule has 2 aromatic carbocycles. The Kier molecular flexibility index (Phi) is 5.14. The summed E-state index contributed by atoms with van der Waals surface area (Å²) in [6, 6.07) is 16.1. The molecule has 0 radical (unpaired) electrons. The molecule has 0 saturated carbocycles. The molecule has 0 heterocycles. The number of aliphatic carboxylic acids is 1. The van der Waals surface area contributed by atoms with Gasteiger partial charge in [-0.05, 0) is 29.2 Å². The summed E-state index contributed by atoms with van der Waals surface area (Å²) in [5.74, 6) is -1.24. The van der Waals surface area contributed by atoms with Crippen molar-refractivity contribution in [3.05, 3.63) is 59.7 Å². The van der Waals surface area contributed by atoms with Crippen LogP contribution in [-0.4, -0.2) is 36.2 Å². The van der Waals surface area contributed by atoms with Crippen LogP contribution in [0.15, 0.2) is 48.5 Å². The minimum Gasteiger partial charge on any atom is -0.481 e. The van der Waals surface area contributed by atoms with Gasteiger partial charge in [-0.15, -0.1) is 0 Å². The summed E-state index contributed by atoms with van der Waals surface area (Å²) in [6.45, 7) is 2.01. The molecule has 0 fully saturated rings. The molecule has 5 heteroatoms. The van der Waals surface area contributed by atoms with Crippen LogP contribution in [0.5, 0.6) is 0 Å². The summed E-state index contributed by atoms with van der Waals surface area (Å²) in [5, 5.41) is 11.6. The van der Waals surface area contributed by atoms with Gasteiger partial charge in [0.05, 0.1) is 13.0 Å². The Morgan fingerprint density at radius 2 is 1.64 bits per heavy atom. The van der Waals surface area contributed by atoms with E-state index in [1.165, 1.54) is 22.3 Å². The molecule has 1 aliphatic carbocycles. The quantitative estimate of drug-likeness (QED) is 0.759. The minimum absolute atomic E-state index is 0.00442. The van der Waals surface area contributed by atoms with Crippen LogP contribution < -0.4 is 5.32 Å². The van der Waals surface area contributed by atoms with E-state index in [2.05, 4.69) is 29.6 Å². The summed E-state index contributed by atoms with van der Waals surface area (Å²) < 4.78 is 5.45. The fraction of sp³-hybridized carbons (Fsp3) is 0.300. The Morgan fingerprint density at radius 1 is 1.08 bits per heavy atom. The number of hydrogen-bond acceptors (Lipinski definition) is 4. The van der Waals surface area contributed by atoms with Gasteiger partial charge in [0.2, 0.25) is 0 Å². The van der Waals surface area contributed by atoms with Gasteiger partial charge in [-0.2, -0.15) is 0 Å². The van der Waals surface area contributed by atoms with Crippen molar-refractivity contribution in [2.75, 3.05) is 13.2 Å². The van der Waals surface area contributed by atoms with Crippen LogP contribution in [0.25, 0.3) is 11.1 Å². The van der Waals surface area contributed by atoms with Crippen LogP contribution in [0.1, 0.15) is 30.4 Å². The van der Waals surface area contributed by atoms with Crippen LogP contribution in [-0.2, 0) is 14.3 Å².